The number of piperazine rings is 1. The average molecular weight is 412 g/mol. The molecule has 0 N–H and O–H groups in total. The number of nitrogens with zero attached hydrogens (tertiary/aromatic N) is 5. The zero-order valence-corrected chi connectivity index (χ0v) is 18.7. The Bertz CT molecular complexity index is 716. The molecule has 1 aliphatic heterocycles. The summed E-state index contributed by atoms with van der Waals surface area (Å²) in [5.74, 6) is 5.02. The van der Waals surface area contributed by atoms with Gasteiger partial charge in [0.05, 0.1) is 0 Å². The van der Waals surface area contributed by atoms with E-state index in [1.54, 1.807) is 0 Å². The maximum Gasteiger partial charge on any atom is 0.223 e. The lowest BCUT2D eigenvalue weighted by Crippen LogP contribution is -2.52. The zero-order valence-electron chi connectivity index (χ0n) is 18.7. The fourth-order valence-corrected chi connectivity index (χ4v) is 7.33. The van der Waals surface area contributed by atoms with Gasteiger partial charge in [0.15, 0.2) is 11.6 Å². The maximum atomic E-state index is 13.2. The zero-order chi connectivity index (χ0) is 20.7. The molecule has 30 heavy (non-hydrogen) atoms. The van der Waals surface area contributed by atoms with Crippen molar-refractivity contribution in [1.82, 2.24) is 15.1 Å². The van der Waals surface area contributed by atoms with Crippen molar-refractivity contribution in [3.8, 4) is 0 Å². The number of amides is 1. The highest BCUT2D eigenvalue weighted by Gasteiger charge is 2.51. The molecule has 1 aromatic heterocycles. The van der Waals surface area contributed by atoms with Gasteiger partial charge in [-0.05, 0) is 87.7 Å². The molecule has 1 saturated heterocycles. The van der Waals surface area contributed by atoms with Crippen molar-refractivity contribution >= 4 is 17.5 Å². The Labute approximate surface area is 181 Å². The Morgan fingerprint density at radius 2 is 1.57 bits per heavy atom. The highest BCUT2D eigenvalue weighted by atomic mass is 16.2. The number of aromatic nitrogens is 2. The van der Waals surface area contributed by atoms with Crippen LogP contribution in [0.25, 0.3) is 0 Å². The summed E-state index contributed by atoms with van der Waals surface area (Å²) in [7, 11) is 0. The lowest BCUT2D eigenvalue weighted by Gasteiger charge is -2.57. The Morgan fingerprint density at radius 1 is 0.967 bits per heavy atom. The topological polar surface area (TPSA) is 52.6 Å². The minimum atomic E-state index is 0.342. The second-order valence-electron chi connectivity index (χ2n) is 10.4. The first-order chi connectivity index (χ1) is 14.6. The van der Waals surface area contributed by atoms with Crippen molar-refractivity contribution in [3.63, 3.8) is 0 Å². The average Bonchev–Trinajstić information content (AvgIpc) is 2.74. The first kappa shape index (κ1) is 20.1. The van der Waals surface area contributed by atoms with Gasteiger partial charge in [-0.3, -0.25) is 4.79 Å². The second kappa shape index (κ2) is 8.01. The minimum absolute atomic E-state index is 0.342. The van der Waals surface area contributed by atoms with Crippen molar-refractivity contribution in [2.24, 2.45) is 23.2 Å². The van der Waals surface area contributed by atoms with Crippen molar-refractivity contribution in [2.75, 3.05) is 49.1 Å². The quantitative estimate of drug-likeness (QED) is 0.716. The summed E-state index contributed by atoms with van der Waals surface area (Å²) in [5, 5.41) is 8.89. The van der Waals surface area contributed by atoms with Gasteiger partial charge in [0.2, 0.25) is 5.91 Å². The molecular weight excluding hydrogens is 374 g/mol. The van der Waals surface area contributed by atoms with Crippen molar-refractivity contribution in [2.45, 2.75) is 58.8 Å². The number of hydrogen-bond donors (Lipinski definition) is 0. The summed E-state index contributed by atoms with van der Waals surface area (Å²) in [6.45, 7) is 9.48. The van der Waals surface area contributed by atoms with Crippen LogP contribution in [-0.2, 0) is 4.79 Å². The molecule has 4 bridgehead atoms. The largest absolute Gasteiger partial charge is 0.356 e. The van der Waals surface area contributed by atoms with Crippen LogP contribution in [-0.4, -0.2) is 60.3 Å². The monoisotopic (exact) mass is 411 g/mol. The summed E-state index contributed by atoms with van der Waals surface area (Å²) in [6.07, 6.45) is 9.09. The molecule has 1 aromatic rings. The molecule has 6 nitrogen and oxygen atoms in total. The Kier molecular flexibility index (Phi) is 5.36. The summed E-state index contributed by atoms with van der Waals surface area (Å²) < 4.78 is 0. The van der Waals surface area contributed by atoms with Gasteiger partial charge in [0.1, 0.15) is 0 Å². The number of rotatable bonds is 6. The normalized spacial score (nSPS) is 32.5. The Hall–Kier alpha value is -1.85. The standard InChI is InChI=1S/C24H37N5O/c1-3-27(4-2)21-5-6-22(26-25-21)28-7-9-29(10-8-28)23(30)17-24-14-18-11-19(15-24)13-20(12-18)16-24/h5-6,18-20H,3-4,7-17H2,1-2H3. The third-order valence-corrected chi connectivity index (χ3v) is 8.37. The van der Waals surface area contributed by atoms with E-state index in [1.807, 2.05) is 0 Å². The smallest absolute Gasteiger partial charge is 0.223 e. The number of carbonyl (C=O) groups excluding carboxylic acids is 1. The summed E-state index contributed by atoms with van der Waals surface area (Å²) in [4.78, 5) is 19.8. The molecule has 0 unspecified atom stereocenters. The van der Waals surface area contributed by atoms with E-state index in [1.165, 1.54) is 38.5 Å². The molecule has 1 amide bonds. The molecule has 5 fully saturated rings. The molecule has 4 saturated carbocycles. The number of carbonyl (C=O) groups is 1. The minimum Gasteiger partial charge on any atom is -0.356 e. The van der Waals surface area contributed by atoms with Crippen LogP contribution in [0.5, 0.6) is 0 Å². The molecule has 0 radical (unpaired) electrons. The highest BCUT2D eigenvalue weighted by Crippen LogP contribution is 2.61. The van der Waals surface area contributed by atoms with Gasteiger partial charge in [-0.2, -0.15) is 0 Å². The third-order valence-electron chi connectivity index (χ3n) is 8.37. The third kappa shape index (κ3) is 3.78. The molecule has 0 spiro atoms. The lowest BCUT2D eigenvalue weighted by atomic mass is 9.49. The molecule has 4 aliphatic carbocycles. The van der Waals surface area contributed by atoms with Gasteiger partial charge in [0, 0.05) is 45.7 Å². The van der Waals surface area contributed by atoms with Crippen LogP contribution < -0.4 is 9.80 Å². The van der Waals surface area contributed by atoms with E-state index in [4.69, 9.17) is 0 Å². The van der Waals surface area contributed by atoms with Gasteiger partial charge in [-0.1, -0.05) is 0 Å². The van der Waals surface area contributed by atoms with E-state index < -0.39 is 0 Å². The first-order valence-corrected chi connectivity index (χ1v) is 12.2. The van der Waals surface area contributed by atoms with Crippen LogP contribution in [0.15, 0.2) is 12.1 Å². The molecule has 0 aromatic carbocycles. The van der Waals surface area contributed by atoms with E-state index in [9.17, 15) is 4.79 Å². The Balaban J connectivity index is 1.16. The summed E-state index contributed by atoms with van der Waals surface area (Å²) in [5.41, 5.74) is 0.342. The first-order valence-electron chi connectivity index (χ1n) is 12.2. The number of anilines is 2. The fourth-order valence-electron chi connectivity index (χ4n) is 7.33. The molecular formula is C24H37N5O. The van der Waals surface area contributed by atoms with Gasteiger partial charge in [0.25, 0.3) is 0 Å². The predicted molar refractivity (Wildman–Crippen MR) is 120 cm³/mol. The van der Waals surface area contributed by atoms with Crippen LogP contribution in [0.3, 0.4) is 0 Å². The van der Waals surface area contributed by atoms with Crippen LogP contribution in [0.4, 0.5) is 11.6 Å². The van der Waals surface area contributed by atoms with E-state index in [2.05, 4.69) is 50.9 Å². The lowest BCUT2D eigenvalue weighted by molar-refractivity contribution is -0.139. The van der Waals surface area contributed by atoms with Crippen molar-refractivity contribution in [1.29, 1.82) is 0 Å². The summed E-state index contributed by atoms with van der Waals surface area (Å²) in [6, 6.07) is 4.15. The Morgan fingerprint density at radius 3 is 2.07 bits per heavy atom. The maximum absolute atomic E-state index is 13.2. The van der Waals surface area contributed by atoms with E-state index >= 15 is 0 Å². The van der Waals surface area contributed by atoms with E-state index in [0.717, 1.165) is 75.1 Å². The fraction of sp³-hybridized carbons (Fsp3) is 0.792. The molecule has 0 atom stereocenters. The predicted octanol–water partition coefficient (Wildman–Crippen LogP) is 3.58. The van der Waals surface area contributed by atoms with Gasteiger partial charge in [-0.15, -0.1) is 10.2 Å². The van der Waals surface area contributed by atoms with Gasteiger partial charge >= 0.3 is 0 Å². The highest BCUT2D eigenvalue weighted by molar-refractivity contribution is 5.77. The second-order valence-corrected chi connectivity index (χ2v) is 10.4. The van der Waals surface area contributed by atoms with Gasteiger partial charge in [-0.25, -0.2) is 0 Å². The summed E-state index contributed by atoms with van der Waals surface area (Å²) >= 11 is 0. The van der Waals surface area contributed by atoms with Crippen molar-refractivity contribution < 1.29 is 4.79 Å². The van der Waals surface area contributed by atoms with E-state index in [0.29, 0.717) is 11.3 Å². The van der Waals surface area contributed by atoms with E-state index in [-0.39, 0.29) is 0 Å². The van der Waals surface area contributed by atoms with Crippen molar-refractivity contribution in [3.05, 3.63) is 12.1 Å². The van der Waals surface area contributed by atoms with Crippen LogP contribution in [0, 0.1) is 23.2 Å². The molecule has 164 valence electrons. The number of hydrogen-bond acceptors (Lipinski definition) is 5. The SMILES string of the molecule is CCN(CC)c1ccc(N2CCN(C(=O)CC34CC5CC(CC(C5)C3)C4)CC2)nn1. The molecule has 2 heterocycles. The molecule has 5 aliphatic rings. The molecule has 6 rings (SSSR count). The molecule has 6 heteroatoms. The van der Waals surface area contributed by atoms with Gasteiger partial charge < -0.3 is 14.7 Å². The van der Waals surface area contributed by atoms with Crippen LogP contribution in [0.1, 0.15) is 58.8 Å². The van der Waals surface area contributed by atoms with Crippen LogP contribution >= 0.6 is 0 Å². The van der Waals surface area contributed by atoms with Crippen LogP contribution in [0.2, 0.25) is 0 Å².